The van der Waals surface area contributed by atoms with Gasteiger partial charge in [0.2, 0.25) is 5.91 Å². The Kier molecular flexibility index (Phi) is 3.21. The molecule has 0 saturated heterocycles. The van der Waals surface area contributed by atoms with Crippen LogP contribution >= 0.6 is 11.8 Å². The first-order valence-corrected chi connectivity index (χ1v) is 7.02. The Bertz CT molecular complexity index is 666. The highest BCUT2D eigenvalue weighted by molar-refractivity contribution is 8.00. The molecular weight excluding hydrogens is 284 g/mol. The monoisotopic (exact) mass is 295 g/mol. The number of amides is 1. The minimum atomic E-state index is -0.633. The molecule has 0 fully saturated rings. The molecule has 0 spiro atoms. The van der Waals surface area contributed by atoms with Crippen molar-refractivity contribution in [1.29, 1.82) is 0 Å². The van der Waals surface area contributed by atoms with Crippen molar-refractivity contribution >= 4 is 23.5 Å². The fourth-order valence-electron chi connectivity index (χ4n) is 2.25. The van der Waals surface area contributed by atoms with Gasteiger partial charge in [-0.25, -0.2) is 8.78 Å². The summed E-state index contributed by atoms with van der Waals surface area (Å²) >= 11 is 1.32. The lowest BCUT2D eigenvalue weighted by Gasteiger charge is -2.15. The minimum Gasteiger partial charge on any atom is -0.308 e. The van der Waals surface area contributed by atoms with Crippen molar-refractivity contribution in [1.82, 2.24) is 10.2 Å². The maximum Gasteiger partial charge on any atom is 0.235 e. The largest absolute Gasteiger partial charge is 0.308 e. The van der Waals surface area contributed by atoms with Crippen LogP contribution in [0, 0.1) is 18.6 Å². The molecule has 1 aromatic heterocycles. The van der Waals surface area contributed by atoms with E-state index in [1.54, 1.807) is 0 Å². The van der Waals surface area contributed by atoms with Gasteiger partial charge in [0.1, 0.15) is 11.6 Å². The van der Waals surface area contributed by atoms with Crippen LogP contribution < -0.4 is 5.32 Å². The number of nitrogens with one attached hydrogen (secondary N) is 2. The molecule has 1 aliphatic rings. The van der Waals surface area contributed by atoms with Gasteiger partial charge in [-0.05, 0) is 24.6 Å². The SMILES string of the molecule is Cc1[nH]nc2c1[C@H](c1cc(F)cc(F)c1)SCC(=O)N2. The predicted molar refractivity (Wildman–Crippen MR) is 72.6 cm³/mol. The molecule has 0 aliphatic carbocycles. The van der Waals surface area contributed by atoms with Gasteiger partial charge in [0, 0.05) is 17.3 Å². The Balaban J connectivity index is 2.13. The van der Waals surface area contributed by atoms with Gasteiger partial charge in [-0.3, -0.25) is 9.89 Å². The number of halogens is 2. The number of nitrogens with zero attached hydrogens (tertiary/aromatic N) is 1. The zero-order valence-corrected chi connectivity index (χ0v) is 11.4. The van der Waals surface area contributed by atoms with Gasteiger partial charge < -0.3 is 5.32 Å². The predicted octanol–water partition coefficient (Wildman–Crippen LogP) is 2.77. The summed E-state index contributed by atoms with van der Waals surface area (Å²) in [6, 6.07) is 3.40. The van der Waals surface area contributed by atoms with E-state index in [0.717, 1.165) is 17.3 Å². The molecule has 1 atom stereocenters. The number of aryl methyl sites for hydroxylation is 1. The molecule has 1 amide bonds. The van der Waals surface area contributed by atoms with Gasteiger partial charge in [0.05, 0.1) is 11.0 Å². The van der Waals surface area contributed by atoms with Crippen LogP contribution in [-0.2, 0) is 4.79 Å². The molecule has 1 aliphatic heterocycles. The van der Waals surface area contributed by atoms with E-state index >= 15 is 0 Å². The zero-order chi connectivity index (χ0) is 14.3. The van der Waals surface area contributed by atoms with Crippen molar-refractivity contribution in [2.75, 3.05) is 11.1 Å². The molecule has 7 heteroatoms. The molecular formula is C13H11F2N3OS. The van der Waals surface area contributed by atoms with E-state index in [1.165, 1.54) is 23.9 Å². The highest BCUT2D eigenvalue weighted by Gasteiger charge is 2.28. The number of carbonyl (C=O) groups excluding carboxylic acids is 1. The quantitative estimate of drug-likeness (QED) is 0.850. The number of hydrogen-bond acceptors (Lipinski definition) is 3. The minimum absolute atomic E-state index is 0.179. The van der Waals surface area contributed by atoms with Gasteiger partial charge in [0.15, 0.2) is 5.82 Å². The molecule has 2 N–H and O–H groups in total. The van der Waals surface area contributed by atoms with Crippen molar-refractivity contribution in [3.8, 4) is 0 Å². The Morgan fingerprint density at radius 1 is 1.30 bits per heavy atom. The van der Waals surface area contributed by atoms with Crippen LogP contribution in [-0.4, -0.2) is 21.9 Å². The number of rotatable bonds is 1. The molecule has 0 radical (unpaired) electrons. The van der Waals surface area contributed by atoms with E-state index in [0.29, 0.717) is 11.4 Å². The van der Waals surface area contributed by atoms with E-state index in [-0.39, 0.29) is 16.9 Å². The molecule has 3 rings (SSSR count). The van der Waals surface area contributed by atoms with E-state index in [2.05, 4.69) is 15.5 Å². The molecule has 20 heavy (non-hydrogen) atoms. The van der Waals surface area contributed by atoms with E-state index in [4.69, 9.17) is 0 Å². The van der Waals surface area contributed by atoms with Gasteiger partial charge in [-0.15, -0.1) is 11.8 Å². The molecule has 4 nitrogen and oxygen atoms in total. The Morgan fingerprint density at radius 3 is 2.70 bits per heavy atom. The van der Waals surface area contributed by atoms with E-state index in [9.17, 15) is 13.6 Å². The van der Waals surface area contributed by atoms with Crippen molar-refractivity contribution in [2.24, 2.45) is 0 Å². The summed E-state index contributed by atoms with van der Waals surface area (Å²) in [4.78, 5) is 11.6. The summed E-state index contributed by atoms with van der Waals surface area (Å²) < 4.78 is 26.8. The van der Waals surface area contributed by atoms with Gasteiger partial charge in [-0.2, -0.15) is 5.10 Å². The molecule has 1 aromatic carbocycles. The normalized spacial score (nSPS) is 18.4. The number of hydrogen-bond donors (Lipinski definition) is 2. The lowest BCUT2D eigenvalue weighted by molar-refractivity contribution is -0.113. The van der Waals surface area contributed by atoms with Gasteiger partial charge >= 0.3 is 0 Å². The van der Waals surface area contributed by atoms with Crippen LogP contribution in [0.3, 0.4) is 0 Å². The first kappa shape index (κ1) is 13.1. The maximum atomic E-state index is 13.4. The average Bonchev–Trinajstić information content (AvgIpc) is 2.63. The second-order valence-corrected chi connectivity index (χ2v) is 5.65. The number of H-pyrrole nitrogens is 1. The third-order valence-electron chi connectivity index (χ3n) is 3.08. The van der Waals surface area contributed by atoms with Crippen molar-refractivity contribution in [3.05, 3.63) is 46.7 Å². The third-order valence-corrected chi connectivity index (χ3v) is 4.35. The summed E-state index contributed by atoms with van der Waals surface area (Å²) in [7, 11) is 0. The first-order valence-electron chi connectivity index (χ1n) is 5.97. The first-order chi connectivity index (χ1) is 9.54. The van der Waals surface area contributed by atoms with E-state index < -0.39 is 11.6 Å². The summed E-state index contributed by atoms with van der Waals surface area (Å²) in [6.45, 7) is 1.81. The molecule has 104 valence electrons. The standard InChI is InChI=1S/C13H11F2N3OS/c1-6-11-12(7-2-8(14)4-9(15)3-7)20-5-10(19)16-13(11)18-17-6/h2-4,12H,5H2,1H3,(H2,16,17,18,19)/t12-/m0/s1. The van der Waals surface area contributed by atoms with E-state index in [1.807, 2.05) is 6.92 Å². The van der Waals surface area contributed by atoms with Crippen LogP contribution in [0.1, 0.15) is 22.1 Å². The lowest BCUT2D eigenvalue weighted by Crippen LogP contribution is -2.12. The van der Waals surface area contributed by atoms with Crippen LogP contribution in [0.5, 0.6) is 0 Å². The zero-order valence-electron chi connectivity index (χ0n) is 10.5. The van der Waals surface area contributed by atoms with Crippen LogP contribution in [0.4, 0.5) is 14.6 Å². The molecule has 0 bridgehead atoms. The number of aromatic amines is 1. The van der Waals surface area contributed by atoms with Crippen LogP contribution in [0.25, 0.3) is 0 Å². The highest BCUT2D eigenvalue weighted by atomic mass is 32.2. The van der Waals surface area contributed by atoms with Crippen LogP contribution in [0.15, 0.2) is 18.2 Å². The Morgan fingerprint density at radius 2 is 2.00 bits per heavy atom. The van der Waals surface area contributed by atoms with Crippen LogP contribution in [0.2, 0.25) is 0 Å². The molecule has 2 heterocycles. The fourth-order valence-corrected chi connectivity index (χ4v) is 3.43. The number of benzene rings is 1. The number of thioether (sulfide) groups is 1. The van der Waals surface area contributed by atoms with Gasteiger partial charge in [-0.1, -0.05) is 0 Å². The third kappa shape index (κ3) is 2.29. The second kappa shape index (κ2) is 4.90. The highest BCUT2D eigenvalue weighted by Crippen LogP contribution is 2.42. The smallest absolute Gasteiger partial charge is 0.235 e. The number of aromatic nitrogens is 2. The Hall–Kier alpha value is -1.89. The van der Waals surface area contributed by atoms with Crippen molar-refractivity contribution < 1.29 is 13.6 Å². The fraction of sp³-hybridized carbons (Fsp3) is 0.231. The molecule has 0 saturated carbocycles. The summed E-state index contributed by atoms with van der Waals surface area (Å²) in [6.07, 6.45) is 0. The number of fused-ring (bicyclic) bond motifs is 1. The summed E-state index contributed by atoms with van der Waals surface area (Å²) in [5.74, 6) is -0.813. The summed E-state index contributed by atoms with van der Waals surface area (Å²) in [5, 5.41) is 9.16. The maximum absolute atomic E-state index is 13.4. The molecule has 2 aromatic rings. The van der Waals surface area contributed by atoms with Crippen molar-refractivity contribution in [3.63, 3.8) is 0 Å². The van der Waals surface area contributed by atoms with Crippen molar-refractivity contribution in [2.45, 2.75) is 12.2 Å². The Labute approximate surface area is 118 Å². The summed E-state index contributed by atoms with van der Waals surface area (Å²) in [5.41, 5.74) is 2.00. The second-order valence-electron chi connectivity index (χ2n) is 4.55. The lowest BCUT2D eigenvalue weighted by atomic mass is 10.0. The molecule has 0 unspecified atom stereocenters. The topological polar surface area (TPSA) is 57.8 Å². The van der Waals surface area contributed by atoms with Gasteiger partial charge in [0.25, 0.3) is 0 Å². The average molecular weight is 295 g/mol. The number of anilines is 1. The number of carbonyl (C=O) groups is 1.